The summed E-state index contributed by atoms with van der Waals surface area (Å²) in [4.78, 5) is 0. The molecule has 2 heteroatoms. The van der Waals surface area contributed by atoms with Crippen molar-refractivity contribution in [3.63, 3.8) is 0 Å². The van der Waals surface area contributed by atoms with Crippen LogP contribution >= 0.6 is 0 Å². The van der Waals surface area contributed by atoms with Crippen LogP contribution in [0.1, 0.15) is 38.7 Å². The third kappa shape index (κ3) is 2.45. The molecule has 1 aromatic rings. The monoisotopic (exact) mass is 219 g/mol. The van der Waals surface area contributed by atoms with E-state index < -0.39 is 5.79 Å². The van der Waals surface area contributed by atoms with Crippen LogP contribution in [0.5, 0.6) is 0 Å². The second-order valence-corrected chi connectivity index (χ2v) is 4.43. The number of unbranched alkanes of at least 4 members (excludes halogenated alkanes) is 1. The first kappa shape index (κ1) is 11.6. The first-order valence-electron chi connectivity index (χ1n) is 6.03. The fourth-order valence-corrected chi connectivity index (χ4v) is 2.04. The maximum Gasteiger partial charge on any atom is 0.192 e. The van der Waals surface area contributed by atoms with Gasteiger partial charge in [0.2, 0.25) is 0 Å². The van der Waals surface area contributed by atoms with E-state index in [0.29, 0.717) is 6.61 Å². The molecule has 0 aliphatic carbocycles. The maximum atomic E-state index is 5.99. The van der Waals surface area contributed by atoms with Crippen molar-refractivity contribution in [3.8, 4) is 0 Å². The van der Waals surface area contributed by atoms with E-state index >= 15 is 0 Å². The van der Waals surface area contributed by atoms with Crippen molar-refractivity contribution in [3.05, 3.63) is 35.9 Å². The summed E-state index contributed by atoms with van der Waals surface area (Å²) in [5, 5.41) is 0. The Morgan fingerprint density at radius 1 is 1.56 bits per heavy atom. The normalized spacial score (nSPS) is 29.5. The number of hydrogen-bond acceptors (Lipinski definition) is 2. The van der Waals surface area contributed by atoms with E-state index in [2.05, 4.69) is 13.0 Å². The lowest BCUT2D eigenvalue weighted by Crippen LogP contribution is -2.23. The fourth-order valence-electron chi connectivity index (χ4n) is 2.04. The Balaban J connectivity index is 2.01. The quantitative estimate of drug-likeness (QED) is 0.773. The molecule has 1 aliphatic heterocycles. The van der Waals surface area contributed by atoms with Gasteiger partial charge in [0.1, 0.15) is 0 Å². The van der Waals surface area contributed by atoms with Gasteiger partial charge in [-0.1, -0.05) is 38.0 Å². The summed E-state index contributed by atoms with van der Waals surface area (Å²) in [5.41, 5.74) is 1.05. The van der Waals surface area contributed by atoms with Crippen LogP contribution in [0, 0.1) is 6.07 Å². The molecular weight excluding hydrogens is 200 g/mol. The summed E-state index contributed by atoms with van der Waals surface area (Å²) in [6, 6.07) is 10.9. The molecule has 0 amide bonds. The Bertz CT molecular complexity index is 323. The Labute approximate surface area is 97.6 Å². The zero-order valence-electron chi connectivity index (χ0n) is 10.0. The SMILES string of the molecule is CCCCC1COC(C)(c2c[c]ccc2)O1. The van der Waals surface area contributed by atoms with Gasteiger partial charge in [-0.2, -0.15) is 0 Å². The molecule has 0 bridgehead atoms. The first-order chi connectivity index (χ1) is 7.74. The highest BCUT2D eigenvalue weighted by Gasteiger charge is 2.38. The van der Waals surface area contributed by atoms with Crippen LogP contribution in [0.2, 0.25) is 0 Å². The second-order valence-electron chi connectivity index (χ2n) is 4.43. The predicted molar refractivity (Wildman–Crippen MR) is 63.0 cm³/mol. The highest BCUT2D eigenvalue weighted by atomic mass is 16.7. The molecule has 1 aliphatic rings. The molecule has 2 rings (SSSR count). The van der Waals surface area contributed by atoms with E-state index in [4.69, 9.17) is 9.47 Å². The van der Waals surface area contributed by atoms with Crippen LogP contribution in [-0.2, 0) is 15.3 Å². The van der Waals surface area contributed by atoms with Gasteiger partial charge in [0.25, 0.3) is 0 Å². The molecule has 1 aromatic carbocycles. The van der Waals surface area contributed by atoms with Gasteiger partial charge in [-0.3, -0.25) is 0 Å². The van der Waals surface area contributed by atoms with Crippen LogP contribution in [0.4, 0.5) is 0 Å². The summed E-state index contributed by atoms with van der Waals surface area (Å²) in [6.45, 7) is 4.88. The lowest BCUT2D eigenvalue weighted by atomic mass is 10.1. The van der Waals surface area contributed by atoms with Crippen molar-refractivity contribution in [1.29, 1.82) is 0 Å². The summed E-state index contributed by atoms with van der Waals surface area (Å²) >= 11 is 0. The van der Waals surface area contributed by atoms with E-state index in [1.54, 1.807) is 0 Å². The molecule has 1 heterocycles. The fraction of sp³-hybridized carbons (Fsp3) is 0.571. The van der Waals surface area contributed by atoms with Crippen LogP contribution in [0.3, 0.4) is 0 Å². The van der Waals surface area contributed by atoms with Crippen LogP contribution < -0.4 is 0 Å². The minimum Gasteiger partial charge on any atom is -0.343 e. The van der Waals surface area contributed by atoms with Gasteiger partial charge >= 0.3 is 0 Å². The van der Waals surface area contributed by atoms with Gasteiger partial charge in [-0.25, -0.2) is 0 Å². The zero-order chi connectivity index (χ0) is 11.4. The number of benzene rings is 1. The molecular formula is C14H19O2. The second kappa shape index (κ2) is 4.98. The Kier molecular flexibility index (Phi) is 3.62. The number of ether oxygens (including phenoxy) is 2. The lowest BCUT2D eigenvalue weighted by molar-refractivity contribution is -0.162. The number of hydrogen-bond donors (Lipinski definition) is 0. The molecule has 2 atom stereocenters. The van der Waals surface area contributed by atoms with Crippen LogP contribution in [0.15, 0.2) is 24.3 Å². The van der Waals surface area contributed by atoms with Crippen molar-refractivity contribution in [2.75, 3.05) is 6.61 Å². The van der Waals surface area contributed by atoms with E-state index in [9.17, 15) is 0 Å². The minimum atomic E-state index is -0.573. The van der Waals surface area contributed by atoms with Crippen LogP contribution in [-0.4, -0.2) is 12.7 Å². The molecule has 2 nitrogen and oxygen atoms in total. The van der Waals surface area contributed by atoms with E-state index in [-0.39, 0.29) is 6.10 Å². The Morgan fingerprint density at radius 3 is 3.12 bits per heavy atom. The third-order valence-corrected chi connectivity index (χ3v) is 3.05. The highest BCUT2D eigenvalue weighted by molar-refractivity contribution is 5.19. The Morgan fingerprint density at radius 2 is 2.44 bits per heavy atom. The molecule has 0 spiro atoms. The van der Waals surface area contributed by atoms with Crippen molar-refractivity contribution in [2.24, 2.45) is 0 Å². The standard InChI is InChI=1S/C14H19O2/c1-3-4-10-13-11-15-14(2,16-13)12-8-6-5-7-9-12/h5-6,8-9,13H,3-4,10-11H2,1-2H3. The molecule has 0 saturated carbocycles. The maximum absolute atomic E-state index is 5.99. The van der Waals surface area contributed by atoms with Crippen molar-refractivity contribution in [1.82, 2.24) is 0 Å². The van der Waals surface area contributed by atoms with Gasteiger partial charge < -0.3 is 9.47 Å². The molecule has 1 radical (unpaired) electrons. The summed E-state index contributed by atoms with van der Waals surface area (Å²) in [7, 11) is 0. The predicted octanol–water partition coefficient (Wildman–Crippen LogP) is 3.27. The zero-order valence-corrected chi connectivity index (χ0v) is 10.0. The molecule has 87 valence electrons. The average molecular weight is 219 g/mol. The third-order valence-electron chi connectivity index (χ3n) is 3.05. The van der Waals surface area contributed by atoms with Crippen molar-refractivity contribution in [2.45, 2.75) is 45.0 Å². The van der Waals surface area contributed by atoms with Gasteiger partial charge in [0.05, 0.1) is 12.7 Å². The largest absolute Gasteiger partial charge is 0.343 e. The Hall–Kier alpha value is -0.860. The summed E-state index contributed by atoms with van der Waals surface area (Å²) in [6.07, 6.45) is 3.73. The molecule has 1 saturated heterocycles. The van der Waals surface area contributed by atoms with Crippen molar-refractivity contribution < 1.29 is 9.47 Å². The average Bonchev–Trinajstić information content (AvgIpc) is 2.71. The van der Waals surface area contributed by atoms with Gasteiger partial charge in [-0.05, 0) is 25.5 Å². The molecule has 1 fully saturated rings. The van der Waals surface area contributed by atoms with E-state index in [1.165, 1.54) is 12.8 Å². The van der Waals surface area contributed by atoms with Crippen molar-refractivity contribution >= 4 is 0 Å². The van der Waals surface area contributed by atoms with Crippen LogP contribution in [0.25, 0.3) is 0 Å². The highest BCUT2D eigenvalue weighted by Crippen LogP contribution is 2.34. The van der Waals surface area contributed by atoms with Gasteiger partial charge in [0, 0.05) is 5.56 Å². The van der Waals surface area contributed by atoms with Gasteiger partial charge in [-0.15, -0.1) is 0 Å². The topological polar surface area (TPSA) is 18.5 Å². The molecule has 0 N–H and O–H groups in total. The number of rotatable bonds is 4. The molecule has 2 unspecified atom stereocenters. The summed E-state index contributed by atoms with van der Waals surface area (Å²) < 4.78 is 11.8. The van der Waals surface area contributed by atoms with E-state index in [0.717, 1.165) is 12.0 Å². The lowest BCUT2D eigenvalue weighted by Gasteiger charge is -2.23. The minimum absolute atomic E-state index is 0.241. The smallest absolute Gasteiger partial charge is 0.192 e. The van der Waals surface area contributed by atoms with E-state index in [1.807, 2.05) is 31.2 Å². The molecule has 0 aromatic heterocycles. The molecule has 16 heavy (non-hydrogen) atoms. The first-order valence-corrected chi connectivity index (χ1v) is 6.03. The summed E-state index contributed by atoms with van der Waals surface area (Å²) in [5.74, 6) is -0.573. The van der Waals surface area contributed by atoms with Gasteiger partial charge in [0.15, 0.2) is 5.79 Å².